The minimum atomic E-state index is 0. The Kier molecular flexibility index (Phi) is 13.1. The Hall–Kier alpha value is 0.0700. The second-order valence-corrected chi connectivity index (χ2v) is 7.74. The molecule has 0 bridgehead atoms. The average Bonchev–Trinajstić information content (AvgIpc) is 2.61. The van der Waals surface area contributed by atoms with Crippen molar-refractivity contribution >= 4 is 64.9 Å². The summed E-state index contributed by atoms with van der Waals surface area (Å²) in [6, 6.07) is 5.61. The van der Waals surface area contributed by atoms with Crippen molar-refractivity contribution in [3.05, 3.63) is 33.8 Å². The molecule has 0 amide bonds. The molecule has 1 aliphatic heterocycles. The van der Waals surface area contributed by atoms with Gasteiger partial charge in [0, 0.05) is 54.3 Å². The Balaban J connectivity index is 0.00000338. The molecular formula is C17H27Cl2IN4OS. The van der Waals surface area contributed by atoms with Crippen LogP contribution in [0.15, 0.2) is 23.2 Å². The lowest BCUT2D eigenvalue weighted by atomic mass is 10.2. The van der Waals surface area contributed by atoms with E-state index in [2.05, 4.69) is 15.2 Å². The lowest BCUT2D eigenvalue weighted by molar-refractivity contribution is 0.0377. The van der Waals surface area contributed by atoms with Crippen LogP contribution in [0.4, 0.5) is 0 Å². The average molecular weight is 533 g/mol. The number of nitrogens with two attached hydrogens (primary N) is 1. The fourth-order valence-electron chi connectivity index (χ4n) is 2.45. The number of ether oxygens (including phenoxy) is 1. The van der Waals surface area contributed by atoms with Gasteiger partial charge in [0.15, 0.2) is 5.96 Å². The van der Waals surface area contributed by atoms with E-state index in [1.165, 1.54) is 0 Å². The minimum absolute atomic E-state index is 0. The van der Waals surface area contributed by atoms with Crippen molar-refractivity contribution in [2.24, 2.45) is 10.7 Å². The maximum absolute atomic E-state index is 6.16. The quantitative estimate of drug-likeness (QED) is 0.221. The van der Waals surface area contributed by atoms with Crippen LogP contribution in [-0.2, 0) is 10.5 Å². The van der Waals surface area contributed by atoms with E-state index in [0.29, 0.717) is 16.0 Å². The number of guanidine groups is 1. The number of morpholine rings is 1. The van der Waals surface area contributed by atoms with Crippen LogP contribution >= 0.6 is 58.9 Å². The molecule has 1 fully saturated rings. The third-order valence-electron chi connectivity index (χ3n) is 3.84. The van der Waals surface area contributed by atoms with Crippen molar-refractivity contribution < 1.29 is 4.74 Å². The second-order valence-electron chi connectivity index (χ2n) is 5.79. The summed E-state index contributed by atoms with van der Waals surface area (Å²) in [5, 5.41) is 4.53. The van der Waals surface area contributed by atoms with Gasteiger partial charge < -0.3 is 15.8 Å². The van der Waals surface area contributed by atoms with Crippen LogP contribution in [0.25, 0.3) is 0 Å². The van der Waals surface area contributed by atoms with Crippen LogP contribution in [0.1, 0.15) is 12.0 Å². The normalized spacial score (nSPS) is 15.5. The van der Waals surface area contributed by atoms with E-state index >= 15 is 0 Å². The topological polar surface area (TPSA) is 62.9 Å². The molecule has 148 valence electrons. The highest BCUT2D eigenvalue weighted by molar-refractivity contribution is 14.0. The van der Waals surface area contributed by atoms with E-state index in [0.717, 1.165) is 69.4 Å². The SMILES string of the molecule is I.NC(=NCCCN1CCOCC1)NCCSCc1ccc(Cl)cc1Cl. The lowest BCUT2D eigenvalue weighted by Gasteiger charge is -2.26. The van der Waals surface area contributed by atoms with Gasteiger partial charge in [0.05, 0.1) is 13.2 Å². The van der Waals surface area contributed by atoms with Gasteiger partial charge >= 0.3 is 0 Å². The van der Waals surface area contributed by atoms with E-state index in [9.17, 15) is 0 Å². The van der Waals surface area contributed by atoms with Crippen molar-refractivity contribution in [1.29, 1.82) is 0 Å². The van der Waals surface area contributed by atoms with E-state index in [1.54, 1.807) is 17.8 Å². The molecule has 1 aromatic carbocycles. The number of benzene rings is 1. The van der Waals surface area contributed by atoms with Crippen LogP contribution in [0.2, 0.25) is 10.0 Å². The summed E-state index contributed by atoms with van der Waals surface area (Å²) in [5.74, 6) is 2.31. The Labute approximate surface area is 187 Å². The minimum Gasteiger partial charge on any atom is -0.379 e. The first kappa shape index (κ1) is 24.1. The number of nitrogens with one attached hydrogen (secondary N) is 1. The first-order valence-corrected chi connectivity index (χ1v) is 10.4. The van der Waals surface area contributed by atoms with E-state index in [4.69, 9.17) is 33.7 Å². The smallest absolute Gasteiger partial charge is 0.188 e. The number of thioether (sulfide) groups is 1. The van der Waals surface area contributed by atoms with Crippen LogP contribution in [0, 0.1) is 0 Å². The highest BCUT2D eigenvalue weighted by Gasteiger charge is 2.08. The molecule has 0 aliphatic carbocycles. The van der Waals surface area contributed by atoms with Gasteiger partial charge in [0.2, 0.25) is 0 Å². The van der Waals surface area contributed by atoms with Crippen molar-refractivity contribution in [2.75, 3.05) is 51.7 Å². The Morgan fingerprint density at radius 3 is 2.81 bits per heavy atom. The molecule has 1 aliphatic rings. The molecule has 1 heterocycles. The number of hydrogen-bond donors (Lipinski definition) is 2. The first-order chi connectivity index (χ1) is 12.1. The van der Waals surface area contributed by atoms with Gasteiger partial charge in [-0.25, -0.2) is 0 Å². The van der Waals surface area contributed by atoms with Crippen LogP contribution < -0.4 is 11.1 Å². The third-order valence-corrected chi connectivity index (χ3v) is 5.44. The van der Waals surface area contributed by atoms with Crippen molar-refractivity contribution in [3.63, 3.8) is 0 Å². The summed E-state index contributed by atoms with van der Waals surface area (Å²) in [7, 11) is 0. The number of hydrogen-bond acceptors (Lipinski definition) is 4. The van der Waals surface area contributed by atoms with Gasteiger partial charge in [-0.3, -0.25) is 9.89 Å². The Morgan fingerprint density at radius 1 is 1.31 bits per heavy atom. The van der Waals surface area contributed by atoms with Gasteiger partial charge in [0.1, 0.15) is 0 Å². The van der Waals surface area contributed by atoms with Gasteiger partial charge in [0.25, 0.3) is 0 Å². The standard InChI is InChI=1S/C17H26Cl2N4OS.HI/c18-15-3-2-14(16(19)12-15)13-25-11-5-22-17(20)21-4-1-6-23-7-9-24-10-8-23;/h2-3,12H,1,4-11,13H2,(H3,20,21,22);1H. The predicted molar refractivity (Wildman–Crippen MR) is 124 cm³/mol. The van der Waals surface area contributed by atoms with Gasteiger partial charge in [-0.05, 0) is 24.1 Å². The highest BCUT2D eigenvalue weighted by Crippen LogP contribution is 2.24. The van der Waals surface area contributed by atoms with Crippen molar-refractivity contribution in [3.8, 4) is 0 Å². The maximum Gasteiger partial charge on any atom is 0.188 e. The summed E-state index contributed by atoms with van der Waals surface area (Å²) in [4.78, 5) is 6.77. The fourth-order valence-corrected chi connectivity index (χ4v) is 3.86. The fraction of sp³-hybridized carbons (Fsp3) is 0.588. The third kappa shape index (κ3) is 9.85. The van der Waals surface area contributed by atoms with Crippen molar-refractivity contribution in [1.82, 2.24) is 10.2 Å². The summed E-state index contributed by atoms with van der Waals surface area (Å²) in [6.45, 7) is 6.31. The zero-order valence-electron chi connectivity index (χ0n) is 14.8. The molecule has 26 heavy (non-hydrogen) atoms. The molecule has 9 heteroatoms. The summed E-state index contributed by atoms with van der Waals surface area (Å²) < 4.78 is 5.33. The Bertz CT molecular complexity index is 560. The number of aliphatic imine (C=N–C) groups is 1. The van der Waals surface area contributed by atoms with E-state index in [-0.39, 0.29) is 24.0 Å². The number of rotatable bonds is 9. The molecule has 0 atom stereocenters. The van der Waals surface area contributed by atoms with Crippen LogP contribution in [0.5, 0.6) is 0 Å². The lowest BCUT2D eigenvalue weighted by Crippen LogP contribution is -2.37. The summed E-state index contributed by atoms with van der Waals surface area (Å²) in [6.07, 6.45) is 1.02. The molecule has 0 spiro atoms. The molecule has 0 radical (unpaired) electrons. The van der Waals surface area contributed by atoms with Crippen LogP contribution in [0.3, 0.4) is 0 Å². The molecule has 1 saturated heterocycles. The molecule has 2 rings (SSSR count). The molecule has 1 aromatic rings. The largest absolute Gasteiger partial charge is 0.379 e. The maximum atomic E-state index is 6.16. The second kappa shape index (κ2) is 14.1. The monoisotopic (exact) mass is 532 g/mol. The molecule has 0 unspecified atom stereocenters. The molecule has 5 nitrogen and oxygen atoms in total. The van der Waals surface area contributed by atoms with Crippen molar-refractivity contribution in [2.45, 2.75) is 12.2 Å². The van der Waals surface area contributed by atoms with Crippen LogP contribution in [-0.4, -0.2) is 62.5 Å². The molecule has 0 aromatic heterocycles. The van der Waals surface area contributed by atoms with Gasteiger partial charge in [-0.15, -0.1) is 24.0 Å². The number of halogens is 3. The number of nitrogens with zero attached hydrogens (tertiary/aromatic N) is 2. The van der Waals surface area contributed by atoms with Gasteiger partial charge in [-0.1, -0.05) is 29.3 Å². The summed E-state index contributed by atoms with van der Waals surface area (Å²) in [5.41, 5.74) is 6.99. The summed E-state index contributed by atoms with van der Waals surface area (Å²) >= 11 is 13.8. The Morgan fingerprint density at radius 2 is 2.08 bits per heavy atom. The molecular weight excluding hydrogens is 506 g/mol. The van der Waals surface area contributed by atoms with E-state index < -0.39 is 0 Å². The predicted octanol–water partition coefficient (Wildman–Crippen LogP) is 3.47. The van der Waals surface area contributed by atoms with Gasteiger partial charge in [-0.2, -0.15) is 11.8 Å². The zero-order chi connectivity index (χ0) is 17.9. The van der Waals surface area contributed by atoms with E-state index in [1.807, 2.05) is 12.1 Å². The first-order valence-electron chi connectivity index (χ1n) is 8.50. The zero-order valence-corrected chi connectivity index (χ0v) is 19.4. The molecule has 0 saturated carbocycles. The molecule has 3 N–H and O–H groups in total. The highest BCUT2D eigenvalue weighted by atomic mass is 127.